The van der Waals surface area contributed by atoms with Crippen LogP contribution >= 0.6 is 15.9 Å². The molecule has 2 amide bonds. The van der Waals surface area contributed by atoms with Crippen LogP contribution in [0.2, 0.25) is 0 Å². The summed E-state index contributed by atoms with van der Waals surface area (Å²) in [6.45, 7) is 1.11. The highest BCUT2D eigenvalue weighted by Gasteiger charge is 2.15. The molecule has 0 heterocycles. The van der Waals surface area contributed by atoms with Crippen molar-refractivity contribution in [2.45, 2.75) is 11.8 Å². The molecule has 0 aliphatic rings. The van der Waals surface area contributed by atoms with Gasteiger partial charge in [-0.1, -0.05) is 12.1 Å². The monoisotopic (exact) mass is 396 g/mol. The second-order valence-corrected chi connectivity index (χ2v) is 7.16. The molecular formula is C15H13BrN2O4S. The summed E-state index contributed by atoms with van der Waals surface area (Å²) in [5.74, 6) is -0.994. The fourth-order valence-corrected chi connectivity index (χ4v) is 3.26. The summed E-state index contributed by atoms with van der Waals surface area (Å²) in [4.78, 5) is 23.0. The van der Waals surface area contributed by atoms with Gasteiger partial charge in [0.2, 0.25) is 5.91 Å². The molecule has 0 spiro atoms. The van der Waals surface area contributed by atoms with Gasteiger partial charge in [-0.25, -0.2) is 13.1 Å². The Labute approximate surface area is 142 Å². The Balaban J connectivity index is 2.16. The van der Waals surface area contributed by atoms with Crippen LogP contribution in [0.15, 0.2) is 57.9 Å². The first-order valence-electron chi connectivity index (χ1n) is 6.49. The van der Waals surface area contributed by atoms with Crippen LogP contribution in [-0.2, 0) is 14.8 Å². The van der Waals surface area contributed by atoms with E-state index in [-0.39, 0.29) is 10.8 Å². The van der Waals surface area contributed by atoms with E-state index >= 15 is 0 Å². The van der Waals surface area contributed by atoms with Crippen LogP contribution in [0, 0.1) is 0 Å². The molecule has 23 heavy (non-hydrogen) atoms. The number of carbonyl (C=O) groups excluding carboxylic acids is 2. The predicted molar refractivity (Wildman–Crippen MR) is 89.5 cm³/mol. The number of sulfonamides is 1. The van der Waals surface area contributed by atoms with Gasteiger partial charge in [-0.15, -0.1) is 0 Å². The molecule has 8 heteroatoms. The number of carbonyl (C=O) groups is 2. The molecule has 2 N–H and O–H groups in total. The van der Waals surface area contributed by atoms with Crippen molar-refractivity contribution in [3.63, 3.8) is 0 Å². The first-order chi connectivity index (χ1) is 10.8. The molecule has 0 radical (unpaired) electrons. The number of benzene rings is 2. The van der Waals surface area contributed by atoms with E-state index in [2.05, 4.69) is 21.2 Å². The zero-order valence-electron chi connectivity index (χ0n) is 12.0. The van der Waals surface area contributed by atoms with Gasteiger partial charge < -0.3 is 5.32 Å². The zero-order chi connectivity index (χ0) is 17.0. The lowest BCUT2D eigenvalue weighted by Gasteiger charge is -2.08. The average molecular weight is 397 g/mol. The van der Waals surface area contributed by atoms with Gasteiger partial charge in [-0.3, -0.25) is 9.59 Å². The van der Waals surface area contributed by atoms with E-state index in [1.165, 1.54) is 24.3 Å². The zero-order valence-corrected chi connectivity index (χ0v) is 14.4. The Bertz CT molecular complexity index is 848. The van der Waals surface area contributed by atoms with Crippen LogP contribution in [0.5, 0.6) is 0 Å². The highest BCUT2D eigenvalue weighted by atomic mass is 79.9. The third-order valence-electron chi connectivity index (χ3n) is 2.82. The fraction of sp³-hybridized carbons (Fsp3) is 0.0667. The second-order valence-electron chi connectivity index (χ2n) is 4.62. The van der Waals surface area contributed by atoms with Crippen molar-refractivity contribution in [3.05, 3.63) is 58.6 Å². The van der Waals surface area contributed by atoms with E-state index in [0.717, 1.165) is 6.92 Å². The lowest BCUT2D eigenvalue weighted by molar-refractivity contribution is -0.117. The van der Waals surface area contributed by atoms with E-state index in [4.69, 9.17) is 0 Å². The van der Waals surface area contributed by atoms with E-state index in [1.54, 1.807) is 24.3 Å². The molecule has 2 rings (SSSR count). The minimum Gasteiger partial charge on any atom is -0.322 e. The number of amides is 2. The topological polar surface area (TPSA) is 92.3 Å². The normalized spacial score (nSPS) is 10.9. The maximum atomic E-state index is 12.1. The third kappa shape index (κ3) is 4.40. The van der Waals surface area contributed by atoms with E-state index in [1.807, 2.05) is 4.72 Å². The van der Waals surface area contributed by atoms with Crippen LogP contribution in [0.1, 0.15) is 17.3 Å². The molecular weight excluding hydrogens is 384 g/mol. The van der Waals surface area contributed by atoms with Crippen LogP contribution in [0.4, 0.5) is 5.69 Å². The molecule has 0 saturated carbocycles. The molecule has 0 unspecified atom stereocenters. The van der Waals surface area contributed by atoms with Crippen LogP contribution < -0.4 is 10.0 Å². The maximum absolute atomic E-state index is 12.1. The van der Waals surface area contributed by atoms with Gasteiger partial charge in [0.25, 0.3) is 15.9 Å². The van der Waals surface area contributed by atoms with Crippen LogP contribution in [0.3, 0.4) is 0 Å². The van der Waals surface area contributed by atoms with E-state index in [0.29, 0.717) is 15.7 Å². The number of nitrogens with one attached hydrogen (secondary N) is 2. The van der Waals surface area contributed by atoms with Crippen molar-refractivity contribution in [2.75, 3.05) is 5.32 Å². The SMILES string of the molecule is CC(=O)NS(=O)(=O)c1ccc(NC(=O)c2ccccc2Br)cc1. The minimum atomic E-state index is -3.88. The van der Waals surface area contributed by atoms with Gasteiger partial charge >= 0.3 is 0 Å². The predicted octanol–water partition coefficient (Wildman–Crippen LogP) is 2.53. The fourth-order valence-electron chi connectivity index (χ4n) is 1.81. The molecule has 0 bridgehead atoms. The number of hydrogen-bond donors (Lipinski definition) is 2. The van der Waals surface area contributed by atoms with Crippen molar-refractivity contribution in [2.24, 2.45) is 0 Å². The number of hydrogen-bond acceptors (Lipinski definition) is 4. The average Bonchev–Trinajstić information content (AvgIpc) is 2.47. The summed E-state index contributed by atoms with van der Waals surface area (Å²) >= 11 is 3.29. The van der Waals surface area contributed by atoms with E-state index in [9.17, 15) is 18.0 Å². The lowest BCUT2D eigenvalue weighted by Crippen LogP contribution is -2.28. The summed E-state index contributed by atoms with van der Waals surface area (Å²) in [6.07, 6.45) is 0. The lowest BCUT2D eigenvalue weighted by atomic mass is 10.2. The van der Waals surface area contributed by atoms with E-state index < -0.39 is 15.9 Å². The summed E-state index contributed by atoms with van der Waals surface area (Å²) in [6, 6.07) is 12.5. The molecule has 0 aromatic heterocycles. The molecule has 0 aliphatic heterocycles. The van der Waals surface area contributed by atoms with Crippen molar-refractivity contribution in [3.8, 4) is 0 Å². The summed E-state index contributed by atoms with van der Waals surface area (Å²) in [5.41, 5.74) is 0.898. The molecule has 120 valence electrons. The molecule has 2 aromatic carbocycles. The second kappa shape index (κ2) is 6.93. The van der Waals surface area contributed by atoms with Gasteiger partial charge in [0, 0.05) is 17.1 Å². The molecule has 2 aromatic rings. The molecule has 6 nitrogen and oxygen atoms in total. The molecule has 0 saturated heterocycles. The Morgan fingerprint density at radius 3 is 2.17 bits per heavy atom. The smallest absolute Gasteiger partial charge is 0.264 e. The Kier molecular flexibility index (Phi) is 5.17. The first-order valence-corrected chi connectivity index (χ1v) is 8.76. The number of anilines is 1. The van der Waals surface area contributed by atoms with Gasteiger partial charge in [-0.2, -0.15) is 0 Å². The largest absolute Gasteiger partial charge is 0.322 e. The van der Waals surface area contributed by atoms with Gasteiger partial charge in [0.1, 0.15) is 0 Å². The van der Waals surface area contributed by atoms with Gasteiger partial charge in [-0.05, 0) is 52.3 Å². The van der Waals surface area contributed by atoms with Crippen molar-refractivity contribution >= 4 is 43.5 Å². The molecule has 0 atom stereocenters. The molecule has 0 aliphatic carbocycles. The van der Waals surface area contributed by atoms with Crippen LogP contribution in [-0.4, -0.2) is 20.2 Å². The van der Waals surface area contributed by atoms with Crippen molar-refractivity contribution < 1.29 is 18.0 Å². The number of rotatable bonds is 4. The number of halogens is 1. The summed E-state index contributed by atoms with van der Waals surface area (Å²) in [7, 11) is -3.88. The quantitative estimate of drug-likeness (QED) is 0.830. The summed E-state index contributed by atoms with van der Waals surface area (Å²) in [5, 5.41) is 2.67. The highest BCUT2D eigenvalue weighted by Crippen LogP contribution is 2.19. The Hall–Kier alpha value is -2.19. The highest BCUT2D eigenvalue weighted by molar-refractivity contribution is 9.10. The Morgan fingerprint density at radius 2 is 1.61 bits per heavy atom. The molecule has 0 fully saturated rings. The first kappa shape index (κ1) is 17.2. The van der Waals surface area contributed by atoms with Crippen LogP contribution in [0.25, 0.3) is 0 Å². The van der Waals surface area contributed by atoms with Gasteiger partial charge in [0.05, 0.1) is 10.5 Å². The Morgan fingerprint density at radius 1 is 1.00 bits per heavy atom. The van der Waals surface area contributed by atoms with Crippen molar-refractivity contribution in [1.82, 2.24) is 4.72 Å². The third-order valence-corrected chi connectivity index (χ3v) is 4.96. The minimum absolute atomic E-state index is 0.0633. The maximum Gasteiger partial charge on any atom is 0.264 e. The standard InChI is InChI=1S/C15H13BrN2O4S/c1-10(19)18-23(21,22)12-8-6-11(7-9-12)17-15(20)13-4-2-3-5-14(13)16/h2-9H,1H3,(H,17,20)(H,18,19). The van der Waals surface area contributed by atoms with Crippen molar-refractivity contribution in [1.29, 1.82) is 0 Å². The summed E-state index contributed by atoms with van der Waals surface area (Å²) < 4.78 is 26.2. The van der Waals surface area contributed by atoms with Gasteiger partial charge in [0.15, 0.2) is 0 Å².